The third-order valence-electron chi connectivity index (χ3n) is 3.83. The zero-order chi connectivity index (χ0) is 20.1. The third kappa shape index (κ3) is 4.32. The van der Waals surface area contributed by atoms with Crippen molar-refractivity contribution in [3.05, 3.63) is 53.7 Å². The van der Waals surface area contributed by atoms with Gasteiger partial charge in [0, 0.05) is 37.3 Å². The maximum Gasteiger partial charge on any atom is 0.254 e. The molecule has 0 aliphatic heterocycles. The molecule has 28 heavy (non-hydrogen) atoms. The predicted molar refractivity (Wildman–Crippen MR) is 106 cm³/mol. The van der Waals surface area contributed by atoms with Crippen molar-refractivity contribution >= 4 is 28.9 Å². The van der Waals surface area contributed by atoms with Gasteiger partial charge in [0.15, 0.2) is 0 Å². The smallest absolute Gasteiger partial charge is 0.254 e. The molecule has 144 valence electrons. The van der Waals surface area contributed by atoms with Crippen LogP contribution in [0.5, 0.6) is 5.88 Å². The van der Waals surface area contributed by atoms with Gasteiger partial charge in [0.05, 0.1) is 18.4 Å². The number of anilines is 4. The number of hydrogen-bond acceptors (Lipinski definition) is 8. The molecule has 0 aliphatic rings. The molecule has 0 aromatic carbocycles. The van der Waals surface area contributed by atoms with E-state index in [1.54, 1.807) is 25.4 Å². The first-order valence-corrected chi connectivity index (χ1v) is 8.57. The Morgan fingerprint density at radius 2 is 1.86 bits per heavy atom. The summed E-state index contributed by atoms with van der Waals surface area (Å²) in [5.74, 6) is 1.95. The Hall–Kier alpha value is -3.75. The molecular formula is C19H21N7O2. The molecule has 1 amide bonds. The second kappa shape index (κ2) is 8.30. The molecule has 3 heterocycles. The average Bonchev–Trinajstić information content (AvgIpc) is 2.67. The molecule has 0 spiro atoms. The third-order valence-corrected chi connectivity index (χ3v) is 3.83. The maximum absolute atomic E-state index is 12.3. The summed E-state index contributed by atoms with van der Waals surface area (Å²) in [4.78, 5) is 29.4. The molecule has 0 radical (unpaired) electrons. The van der Waals surface area contributed by atoms with Crippen molar-refractivity contribution in [2.24, 2.45) is 0 Å². The van der Waals surface area contributed by atoms with E-state index in [4.69, 9.17) is 4.74 Å². The fourth-order valence-electron chi connectivity index (χ4n) is 2.65. The van der Waals surface area contributed by atoms with Crippen LogP contribution in [0.25, 0.3) is 0 Å². The molecule has 0 bridgehead atoms. The molecule has 3 N–H and O–H groups in total. The van der Waals surface area contributed by atoms with Crippen LogP contribution < -0.4 is 20.7 Å². The fourth-order valence-corrected chi connectivity index (χ4v) is 2.65. The number of amides is 1. The predicted octanol–water partition coefficient (Wildman–Crippen LogP) is 2.74. The van der Waals surface area contributed by atoms with E-state index in [1.165, 1.54) is 13.3 Å². The number of aromatic nitrogens is 4. The lowest BCUT2D eigenvalue weighted by Crippen LogP contribution is -2.19. The standard InChI is InChI=1S/C19H21N7O2/c1-11-8-17(24-12(2)23-11)26-16-9-15(13(10-22-16)18(27)20-3)25-14-6-5-7-21-19(14)28-4/h5-10H,1-4H3,(H,20,27)(H2,22,23,24,25,26). The number of hydrogen-bond donors (Lipinski definition) is 3. The van der Waals surface area contributed by atoms with Gasteiger partial charge in [-0.15, -0.1) is 0 Å². The van der Waals surface area contributed by atoms with Crippen LogP contribution in [-0.2, 0) is 0 Å². The highest BCUT2D eigenvalue weighted by Gasteiger charge is 2.15. The molecule has 0 unspecified atom stereocenters. The number of carbonyl (C=O) groups excluding carboxylic acids is 1. The normalized spacial score (nSPS) is 10.3. The van der Waals surface area contributed by atoms with Crippen molar-refractivity contribution < 1.29 is 9.53 Å². The number of carbonyl (C=O) groups is 1. The minimum Gasteiger partial charge on any atom is -0.480 e. The average molecular weight is 379 g/mol. The Kier molecular flexibility index (Phi) is 5.64. The monoisotopic (exact) mass is 379 g/mol. The van der Waals surface area contributed by atoms with Crippen LogP contribution in [0.4, 0.5) is 23.0 Å². The van der Waals surface area contributed by atoms with Crippen LogP contribution >= 0.6 is 0 Å². The van der Waals surface area contributed by atoms with E-state index in [9.17, 15) is 4.79 Å². The topological polar surface area (TPSA) is 114 Å². The number of nitrogens with zero attached hydrogens (tertiary/aromatic N) is 4. The maximum atomic E-state index is 12.3. The fraction of sp³-hybridized carbons (Fsp3) is 0.211. The van der Waals surface area contributed by atoms with Gasteiger partial charge in [0.25, 0.3) is 5.91 Å². The lowest BCUT2D eigenvalue weighted by molar-refractivity contribution is 0.0963. The molecular weight excluding hydrogens is 358 g/mol. The Bertz CT molecular complexity index is 987. The Morgan fingerprint density at radius 3 is 2.57 bits per heavy atom. The molecule has 3 aromatic rings. The van der Waals surface area contributed by atoms with Crippen LogP contribution in [0.1, 0.15) is 21.9 Å². The summed E-state index contributed by atoms with van der Waals surface area (Å²) >= 11 is 0. The van der Waals surface area contributed by atoms with Gasteiger partial charge in [-0.2, -0.15) is 0 Å². The van der Waals surface area contributed by atoms with Gasteiger partial charge in [-0.3, -0.25) is 4.79 Å². The van der Waals surface area contributed by atoms with Crippen molar-refractivity contribution in [2.45, 2.75) is 13.8 Å². The van der Waals surface area contributed by atoms with Crippen LogP contribution in [0.2, 0.25) is 0 Å². The summed E-state index contributed by atoms with van der Waals surface area (Å²) < 4.78 is 5.27. The molecule has 0 saturated heterocycles. The Labute approximate surface area is 162 Å². The number of ether oxygens (including phenoxy) is 1. The van der Waals surface area contributed by atoms with Crippen LogP contribution in [0, 0.1) is 13.8 Å². The molecule has 0 atom stereocenters. The van der Waals surface area contributed by atoms with Crippen LogP contribution in [0.3, 0.4) is 0 Å². The minimum absolute atomic E-state index is 0.266. The van der Waals surface area contributed by atoms with E-state index in [0.717, 1.165) is 5.69 Å². The second-order valence-electron chi connectivity index (χ2n) is 5.95. The summed E-state index contributed by atoms with van der Waals surface area (Å²) in [5.41, 5.74) is 2.40. The van der Waals surface area contributed by atoms with Gasteiger partial charge in [-0.1, -0.05) is 0 Å². The quantitative estimate of drug-likeness (QED) is 0.599. The highest BCUT2D eigenvalue weighted by Crippen LogP contribution is 2.28. The van der Waals surface area contributed by atoms with E-state index < -0.39 is 0 Å². The molecule has 0 saturated carbocycles. The summed E-state index contributed by atoms with van der Waals surface area (Å²) in [7, 11) is 3.10. The van der Waals surface area contributed by atoms with Crippen molar-refractivity contribution in [3.63, 3.8) is 0 Å². The van der Waals surface area contributed by atoms with Gasteiger partial charge >= 0.3 is 0 Å². The first kappa shape index (κ1) is 19.0. The first-order chi connectivity index (χ1) is 13.5. The van der Waals surface area contributed by atoms with Crippen molar-refractivity contribution in [2.75, 3.05) is 24.8 Å². The van der Waals surface area contributed by atoms with Gasteiger partial charge < -0.3 is 20.7 Å². The van der Waals surface area contributed by atoms with Crippen LogP contribution in [-0.4, -0.2) is 40.0 Å². The highest BCUT2D eigenvalue weighted by atomic mass is 16.5. The van der Waals surface area contributed by atoms with E-state index in [-0.39, 0.29) is 5.91 Å². The van der Waals surface area contributed by atoms with Crippen molar-refractivity contribution in [3.8, 4) is 5.88 Å². The summed E-state index contributed by atoms with van der Waals surface area (Å²) in [6.45, 7) is 3.71. The van der Waals surface area contributed by atoms with Crippen molar-refractivity contribution in [1.82, 2.24) is 25.3 Å². The molecule has 3 rings (SSSR count). The lowest BCUT2D eigenvalue weighted by atomic mass is 10.2. The number of nitrogens with one attached hydrogen (secondary N) is 3. The van der Waals surface area contributed by atoms with Gasteiger partial charge in [-0.05, 0) is 26.0 Å². The van der Waals surface area contributed by atoms with Crippen LogP contribution in [0.15, 0.2) is 36.7 Å². The molecule has 3 aromatic heterocycles. The summed E-state index contributed by atoms with van der Waals surface area (Å²) in [5, 5.41) is 8.95. The zero-order valence-corrected chi connectivity index (χ0v) is 16.1. The Balaban J connectivity index is 1.98. The van der Waals surface area contributed by atoms with Crippen molar-refractivity contribution in [1.29, 1.82) is 0 Å². The number of aryl methyl sites for hydroxylation is 2. The second-order valence-corrected chi connectivity index (χ2v) is 5.95. The van der Waals surface area contributed by atoms with Gasteiger partial charge in [-0.25, -0.2) is 19.9 Å². The zero-order valence-electron chi connectivity index (χ0n) is 16.1. The largest absolute Gasteiger partial charge is 0.480 e. The van der Waals surface area contributed by atoms with E-state index in [0.29, 0.717) is 40.3 Å². The van der Waals surface area contributed by atoms with Gasteiger partial charge in [0.1, 0.15) is 23.1 Å². The SMILES string of the molecule is CNC(=O)c1cnc(Nc2cc(C)nc(C)n2)cc1Nc1cccnc1OC. The number of rotatable bonds is 6. The van der Waals surface area contributed by atoms with E-state index >= 15 is 0 Å². The molecule has 9 nitrogen and oxygen atoms in total. The van der Waals surface area contributed by atoms with Gasteiger partial charge in [0.2, 0.25) is 5.88 Å². The molecule has 0 aliphatic carbocycles. The highest BCUT2D eigenvalue weighted by molar-refractivity contribution is 6.00. The molecule has 0 fully saturated rings. The number of methoxy groups -OCH3 is 1. The van der Waals surface area contributed by atoms with E-state index in [1.807, 2.05) is 26.0 Å². The first-order valence-electron chi connectivity index (χ1n) is 8.57. The summed E-state index contributed by atoms with van der Waals surface area (Å²) in [6.07, 6.45) is 3.12. The lowest BCUT2D eigenvalue weighted by Gasteiger charge is -2.15. The number of pyridine rings is 2. The minimum atomic E-state index is -0.266. The molecule has 9 heteroatoms. The van der Waals surface area contributed by atoms with E-state index in [2.05, 4.69) is 35.9 Å². The summed E-state index contributed by atoms with van der Waals surface area (Å²) in [6, 6.07) is 7.13. The Morgan fingerprint density at radius 1 is 1.04 bits per heavy atom.